The van der Waals surface area contributed by atoms with Gasteiger partial charge in [0.2, 0.25) is 5.91 Å². The highest BCUT2D eigenvalue weighted by molar-refractivity contribution is 6.31. The Kier molecular flexibility index (Phi) is 6.63. The number of carbonyl (C=O) groups is 2. The molecular weight excluding hydrogens is 420 g/mol. The zero-order chi connectivity index (χ0) is 22.3. The second-order valence-corrected chi connectivity index (χ2v) is 7.73. The molecule has 0 atom stereocenters. The monoisotopic (exact) mass is 440 g/mol. The van der Waals surface area contributed by atoms with Gasteiger partial charge in [0.05, 0.1) is 5.92 Å². The van der Waals surface area contributed by atoms with Crippen LogP contribution in [0.5, 0.6) is 0 Å². The molecule has 0 fully saturated rings. The van der Waals surface area contributed by atoms with Gasteiger partial charge in [-0.15, -0.1) is 0 Å². The molecule has 0 bridgehead atoms. The van der Waals surface area contributed by atoms with Crippen LogP contribution in [0.1, 0.15) is 27.4 Å². The van der Waals surface area contributed by atoms with E-state index in [-0.39, 0.29) is 11.8 Å². The van der Waals surface area contributed by atoms with Crippen molar-refractivity contribution in [2.75, 3.05) is 10.6 Å². The summed E-state index contributed by atoms with van der Waals surface area (Å²) in [6.45, 7) is 0. The number of nitrogens with one attached hydrogen (secondary N) is 2. The van der Waals surface area contributed by atoms with Crippen molar-refractivity contribution in [1.82, 2.24) is 0 Å². The van der Waals surface area contributed by atoms with Crippen molar-refractivity contribution in [3.63, 3.8) is 0 Å². The fourth-order valence-electron chi connectivity index (χ4n) is 3.51. The van der Waals surface area contributed by atoms with E-state index >= 15 is 0 Å². The molecule has 0 aliphatic carbocycles. The molecular formula is C27H21ClN2O2. The number of rotatable bonds is 6. The van der Waals surface area contributed by atoms with Gasteiger partial charge in [0.15, 0.2) is 0 Å². The second kappa shape index (κ2) is 9.94. The standard InChI is InChI=1S/C27H21ClN2O2/c28-22-14-8-16-24(18-22)29-26(31)21-13-7-15-23(17-21)30-27(32)25(19-9-3-1-4-10-19)20-11-5-2-6-12-20/h1-18,25H,(H,29,31)(H,30,32). The highest BCUT2D eigenvalue weighted by Crippen LogP contribution is 2.26. The third-order valence-corrected chi connectivity index (χ3v) is 5.24. The Morgan fingerprint density at radius 2 is 1.19 bits per heavy atom. The van der Waals surface area contributed by atoms with Gasteiger partial charge in [-0.2, -0.15) is 0 Å². The fourth-order valence-corrected chi connectivity index (χ4v) is 3.70. The minimum atomic E-state index is -0.471. The van der Waals surface area contributed by atoms with Gasteiger partial charge in [-0.1, -0.05) is 84.4 Å². The molecule has 0 spiro atoms. The van der Waals surface area contributed by atoms with Crippen LogP contribution in [-0.4, -0.2) is 11.8 Å². The van der Waals surface area contributed by atoms with Crippen molar-refractivity contribution >= 4 is 34.8 Å². The topological polar surface area (TPSA) is 58.2 Å². The molecule has 0 aliphatic heterocycles. The molecule has 0 aliphatic rings. The summed E-state index contributed by atoms with van der Waals surface area (Å²) in [5, 5.41) is 6.32. The first-order valence-electron chi connectivity index (χ1n) is 10.2. The summed E-state index contributed by atoms with van der Waals surface area (Å²) in [6.07, 6.45) is 0. The number of benzene rings is 4. The van der Waals surface area contributed by atoms with Crippen molar-refractivity contribution in [3.05, 3.63) is 131 Å². The van der Waals surface area contributed by atoms with Crippen LogP contribution in [0.25, 0.3) is 0 Å². The van der Waals surface area contributed by atoms with Crippen LogP contribution in [0, 0.1) is 0 Å². The maximum atomic E-state index is 13.3. The largest absolute Gasteiger partial charge is 0.325 e. The number of amides is 2. The van der Waals surface area contributed by atoms with Crippen LogP contribution in [0.3, 0.4) is 0 Å². The third-order valence-electron chi connectivity index (χ3n) is 5.00. The number of carbonyl (C=O) groups excluding carboxylic acids is 2. The van der Waals surface area contributed by atoms with Gasteiger partial charge in [0, 0.05) is 22.0 Å². The van der Waals surface area contributed by atoms with Gasteiger partial charge in [-0.3, -0.25) is 9.59 Å². The van der Waals surface area contributed by atoms with E-state index in [0.29, 0.717) is 22.0 Å². The highest BCUT2D eigenvalue weighted by atomic mass is 35.5. The minimum absolute atomic E-state index is 0.171. The Morgan fingerprint density at radius 3 is 1.78 bits per heavy atom. The smallest absolute Gasteiger partial charge is 0.255 e. The van der Waals surface area contributed by atoms with Crippen LogP contribution in [0.2, 0.25) is 5.02 Å². The van der Waals surface area contributed by atoms with E-state index < -0.39 is 5.92 Å². The van der Waals surface area contributed by atoms with E-state index in [4.69, 9.17) is 11.6 Å². The third kappa shape index (κ3) is 5.23. The lowest BCUT2D eigenvalue weighted by Crippen LogP contribution is -2.22. The maximum absolute atomic E-state index is 13.3. The lowest BCUT2D eigenvalue weighted by Gasteiger charge is -2.18. The minimum Gasteiger partial charge on any atom is -0.325 e. The number of anilines is 2. The average Bonchev–Trinajstić information content (AvgIpc) is 2.81. The molecule has 0 heterocycles. The molecule has 0 saturated carbocycles. The molecule has 2 N–H and O–H groups in total. The predicted octanol–water partition coefficient (Wildman–Crippen LogP) is 6.36. The summed E-state index contributed by atoms with van der Waals surface area (Å²) >= 11 is 5.99. The van der Waals surface area contributed by atoms with E-state index in [0.717, 1.165) is 11.1 Å². The van der Waals surface area contributed by atoms with Gasteiger partial charge in [-0.25, -0.2) is 0 Å². The van der Waals surface area contributed by atoms with Crippen molar-refractivity contribution in [2.24, 2.45) is 0 Å². The zero-order valence-corrected chi connectivity index (χ0v) is 17.9. The first kappa shape index (κ1) is 21.3. The van der Waals surface area contributed by atoms with Crippen molar-refractivity contribution < 1.29 is 9.59 Å². The molecule has 0 aromatic heterocycles. The molecule has 4 aromatic rings. The first-order chi connectivity index (χ1) is 15.6. The van der Waals surface area contributed by atoms with E-state index in [1.54, 1.807) is 48.5 Å². The van der Waals surface area contributed by atoms with E-state index in [1.165, 1.54) is 0 Å². The molecule has 5 heteroatoms. The quantitative estimate of drug-likeness (QED) is 0.366. The lowest BCUT2D eigenvalue weighted by atomic mass is 9.90. The molecule has 0 radical (unpaired) electrons. The van der Waals surface area contributed by atoms with Crippen LogP contribution in [-0.2, 0) is 4.79 Å². The Labute approximate surface area is 191 Å². The Bertz CT molecular complexity index is 1190. The summed E-state index contributed by atoms with van der Waals surface area (Å²) in [4.78, 5) is 26.0. The summed E-state index contributed by atoms with van der Waals surface area (Å²) in [5.74, 6) is -0.929. The average molecular weight is 441 g/mol. The summed E-state index contributed by atoms with van der Waals surface area (Å²) in [6, 6.07) is 33.1. The Balaban J connectivity index is 1.55. The molecule has 2 amide bonds. The van der Waals surface area contributed by atoms with Crippen molar-refractivity contribution in [2.45, 2.75) is 5.92 Å². The van der Waals surface area contributed by atoms with Crippen LogP contribution < -0.4 is 10.6 Å². The summed E-state index contributed by atoms with van der Waals surface area (Å²) in [5.41, 5.74) is 3.37. The van der Waals surface area contributed by atoms with Gasteiger partial charge >= 0.3 is 0 Å². The van der Waals surface area contributed by atoms with Gasteiger partial charge < -0.3 is 10.6 Å². The lowest BCUT2D eigenvalue weighted by molar-refractivity contribution is -0.116. The van der Waals surface area contributed by atoms with E-state index in [1.807, 2.05) is 60.7 Å². The molecule has 0 saturated heterocycles. The van der Waals surface area contributed by atoms with E-state index in [9.17, 15) is 9.59 Å². The van der Waals surface area contributed by atoms with E-state index in [2.05, 4.69) is 10.6 Å². The molecule has 4 nitrogen and oxygen atoms in total. The highest BCUT2D eigenvalue weighted by Gasteiger charge is 2.22. The SMILES string of the molecule is O=C(Nc1cccc(Cl)c1)c1cccc(NC(=O)C(c2ccccc2)c2ccccc2)c1. The van der Waals surface area contributed by atoms with Gasteiger partial charge in [0.1, 0.15) is 0 Å². The number of halogens is 1. The summed E-state index contributed by atoms with van der Waals surface area (Å²) in [7, 11) is 0. The number of hydrogen-bond acceptors (Lipinski definition) is 2. The Morgan fingerprint density at radius 1 is 0.625 bits per heavy atom. The first-order valence-corrected chi connectivity index (χ1v) is 10.6. The van der Waals surface area contributed by atoms with Crippen molar-refractivity contribution in [3.8, 4) is 0 Å². The molecule has 4 rings (SSSR count). The van der Waals surface area contributed by atoms with Crippen molar-refractivity contribution in [1.29, 1.82) is 0 Å². The fraction of sp³-hybridized carbons (Fsp3) is 0.0370. The predicted molar refractivity (Wildman–Crippen MR) is 129 cm³/mol. The molecule has 32 heavy (non-hydrogen) atoms. The normalized spacial score (nSPS) is 10.6. The van der Waals surface area contributed by atoms with Crippen LogP contribution in [0.15, 0.2) is 109 Å². The zero-order valence-electron chi connectivity index (χ0n) is 17.2. The number of hydrogen-bond donors (Lipinski definition) is 2. The van der Waals surface area contributed by atoms with Gasteiger partial charge in [-0.05, 0) is 47.5 Å². The van der Waals surface area contributed by atoms with Gasteiger partial charge in [0.25, 0.3) is 5.91 Å². The second-order valence-electron chi connectivity index (χ2n) is 7.29. The maximum Gasteiger partial charge on any atom is 0.255 e. The Hall–Kier alpha value is -3.89. The molecule has 0 unspecified atom stereocenters. The summed E-state index contributed by atoms with van der Waals surface area (Å²) < 4.78 is 0. The molecule has 158 valence electrons. The molecule has 4 aromatic carbocycles. The van der Waals surface area contributed by atoms with Crippen LogP contribution in [0.4, 0.5) is 11.4 Å². The van der Waals surface area contributed by atoms with Crippen LogP contribution >= 0.6 is 11.6 Å².